The van der Waals surface area contributed by atoms with Crippen molar-refractivity contribution in [1.82, 2.24) is 0 Å². The maximum absolute atomic E-state index is 12.2. The molecule has 0 aliphatic rings. The molecule has 0 spiro atoms. The topological polar surface area (TPSA) is 54.4 Å². The molecule has 1 aromatic carbocycles. The minimum atomic E-state index is -1.18. The smallest absolute Gasteiger partial charge is 0.337 e. The van der Waals surface area contributed by atoms with Crippen molar-refractivity contribution in [3.05, 3.63) is 28.8 Å². The van der Waals surface area contributed by atoms with Crippen molar-refractivity contribution >= 4 is 28.4 Å². The van der Waals surface area contributed by atoms with Gasteiger partial charge in [-0.05, 0) is 31.0 Å². The first-order valence-corrected chi connectivity index (χ1v) is 7.03. The highest BCUT2D eigenvalue weighted by Crippen LogP contribution is 2.22. The first-order chi connectivity index (χ1) is 8.01. The van der Waals surface area contributed by atoms with Gasteiger partial charge in [-0.1, -0.05) is 25.4 Å². The van der Waals surface area contributed by atoms with Crippen molar-refractivity contribution in [3.63, 3.8) is 0 Å². The van der Waals surface area contributed by atoms with Crippen LogP contribution in [-0.2, 0) is 10.8 Å². The van der Waals surface area contributed by atoms with Gasteiger partial charge in [0.05, 0.1) is 21.4 Å². The third-order valence-electron chi connectivity index (χ3n) is 2.61. The minimum absolute atomic E-state index is 0.00322. The lowest BCUT2D eigenvalue weighted by Crippen LogP contribution is -2.13. The van der Waals surface area contributed by atoms with Crippen molar-refractivity contribution in [2.24, 2.45) is 0 Å². The summed E-state index contributed by atoms with van der Waals surface area (Å²) >= 11 is 5.76. The van der Waals surface area contributed by atoms with E-state index in [2.05, 4.69) is 0 Å². The van der Waals surface area contributed by atoms with Crippen molar-refractivity contribution in [2.45, 2.75) is 36.8 Å². The van der Waals surface area contributed by atoms with Crippen LogP contribution < -0.4 is 0 Å². The Morgan fingerprint density at radius 2 is 2.00 bits per heavy atom. The first-order valence-electron chi connectivity index (χ1n) is 5.44. The SMILES string of the molecule is CCC(CC)S(=O)c1ccc(Cl)c(C(=O)O)c1. The second-order valence-corrected chi connectivity index (χ2v) is 5.82. The van der Waals surface area contributed by atoms with Crippen LogP contribution in [0.25, 0.3) is 0 Å². The van der Waals surface area contributed by atoms with Gasteiger partial charge in [-0.15, -0.1) is 0 Å². The summed E-state index contributed by atoms with van der Waals surface area (Å²) < 4.78 is 12.2. The van der Waals surface area contributed by atoms with E-state index < -0.39 is 16.8 Å². The molecule has 1 N–H and O–H groups in total. The van der Waals surface area contributed by atoms with Crippen LogP contribution in [0.2, 0.25) is 5.02 Å². The molecule has 3 nitrogen and oxygen atoms in total. The number of carbonyl (C=O) groups is 1. The van der Waals surface area contributed by atoms with Crippen LogP contribution in [0.5, 0.6) is 0 Å². The largest absolute Gasteiger partial charge is 0.478 e. The number of benzene rings is 1. The Bertz CT molecular complexity index is 441. The molecule has 0 amide bonds. The third kappa shape index (κ3) is 3.30. The van der Waals surface area contributed by atoms with Crippen molar-refractivity contribution in [3.8, 4) is 0 Å². The van der Waals surface area contributed by atoms with E-state index in [4.69, 9.17) is 16.7 Å². The van der Waals surface area contributed by atoms with Gasteiger partial charge in [0.1, 0.15) is 0 Å². The van der Waals surface area contributed by atoms with E-state index >= 15 is 0 Å². The summed E-state index contributed by atoms with van der Waals surface area (Å²) in [5.74, 6) is -1.10. The maximum Gasteiger partial charge on any atom is 0.337 e. The van der Waals surface area contributed by atoms with Gasteiger partial charge in [-0.25, -0.2) is 4.79 Å². The first kappa shape index (κ1) is 14.2. The number of aromatic carboxylic acids is 1. The Labute approximate surface area is 108 Å². The fourth-order valence-corrected chi connectivity index (χ4v) is 3.20. The molecule has 1 unspecified atom stereocenters. The zero-order chi connectivity index (χ0) is 13.0. The van der Waals surface area contributed by atoms with E-state index in [1.807, 2.05) is 13.8 Å². The summed E-state index contributed by atoms with van der Waals surface area (Å²) in [6.45, 7) is 3.94. The van der Waals surface area contributed by atoms with Crippen LogP contribution in [0.4, 0.5) is 0 Å². The molecule has 0 saturated carbocycles. The summed E-state index contributed by atoms with van der Waals surface area (Å²) in [7, 11) is -1.18. The summed E-state index contributed by atoms with van der Waals surface area (Å²) in [6, 6.07) is 4.52. The summed E-state index contributed by atoms with van der Waals surface area (Å²) in [5.41, 5.74) is 0.00322. The van der Waals surface area contributed by atoms with Gasteiger partial charge in [0.25, 0.3) is 0 Å². The van der Waals surface area contributed by atoms with Crippen LogP contribution in [-0.4, -0.2) is 20.5 Å². The van der Waals surface area contributed by atoms with Crippen molar-refractivity contribution in [2.75, 3.05) is 0 Å². The van der Waals surface area contributed by atoms with E-state index in [-0.39, 0.29) is 15.8 Å². The average molecular weight is 275 g/mol. The van der Waals surface area contributed by atoms with Gasteiger partial charge in [-0.2, -0.15) is 0 Å². The van der Waals surface area contributed by atoms with Crippen molar-refractivity contribution < 1.29 is 14.1 Å². The molecule has 0 aliphatic carbocycles. The van der Waals surface area contributed by atoms with Gasteiger partial charge in [0.2, 0.25) is 0 Å². The highest BCUT2D eigenvalue weighted by atomic mass is 35.5. The van der Waals surface area contributed by atoms with Gasteiger partial charge in [-0.3, -0.25) is 4.21 Å². The molecule has 94 valence electrons. The van der Waals surface area contributed by atoms with E-state index in [1.54, 1.807) is 6.07 Å². The summed E-state index contributed by atoms with van der Waals surface area (Å²) in [4.78, 5) is 11.5. The number of hydrogen-bond donors (Lipinski definition) is 1. The Morgan fingerprint density at radius 3 is 2.47 bits per heavy atom. The zero-order valence-corrected chi connectivity index (χ0v) is 11.3. The predicted octanol–water partition coefficient (Wildman–Crippen LogP) is 3.33. The third-order valence-corrected chi connectivity index (χ3v) is 4.93. The molecule has 17 heavy (non-hydrogen) atoms. The fraction of sp³-hybridized carbons (Fsp3) is 0.417. The molecule has 0 saturated heterocycles. The van der Waals surface area contributed by atoms with E-state index in [0.29, 0.717) is 4.90 Å². The van der Waals surface area contributed by atoms with Gasteiger partial charge >= 0.3 is 5.97 Å². The van der Waals surface area contributed by atoms with Gasteiger partial charge in [0.15, 0.2) is 0 Å². The maximum atomic E-state index is 12.2. The Hall–Kier alpha value is -0.870. The lowest BCUT2D eigenvalue weighted by Gasteiger charge is -2.12. The van der Waals surface area contributed by atoms with Crippen LogP contribution in [0.15, 0.2) is 23.1 Å². The van der Waals surface area contributed by atoms with Crippen LogP contribution in [0.1, 0.15) is 37.0 Å². The molecule has 0 radical (unpaired) electrons. The molecule has 0 aliphatic heterocycles. The van der Waals surface area contributed by atoms with Gasteiger partial charge in [0, 0.05) is 10.1 Å². The molecule has 1 atom stereocenters. The Balaban J connectivity index is 3.11. The average Bonchev–Trinajstić information content (AvgIpc) is 2.30. The Kier molecular flexibility index (Phi) is 5.15. The number of carboxylic acids is 1. The lowest BCUT2D eigenvalue weighted by molar-refractivity contribution is 0.0697. The normalized spacial score (nSPS) is 12.7. The quantitative estimate of drug-likeness (QED) is 0.896. The Morgan fingerprint density at radius 1 is 1.41 bits per heavy atom. The summed E-state index contributed by atoms with van der Waals surface area (Å²) in [5, 5.41) is 9.16. The van der Waals surface area contributed by atoms with E-state index in [0.717, 1.165) is 12.8 Å². The number of hydrogen-bond acceptors (Lipinski definition) is 2. The van der Waals surface area contributed by atoms with E-state index in [9.17, 15) is 9.00 Å². The number of halogens is 1. The number of rotatable bonds is 5. The molecule has 1 rings (SSSR count). The molecule has 0 bridgehead atoms. The van der Waals surface area contributed by atoms with Crippen LogP contribution in [0.3, 0.4) is 0 Å². The van der Waals surface area contributed by atoms with E-state index in [1.165, 1.54) is 12.1 Å². The molecule has 1 aromatic rings. The standard InChI is InChI=1S/C12H15ClO3S/c1-3-8(4-2)17(16)9-5-6-11(13)10(7-9)12(14)15/h5-8H,3-4H2,1-2H3,(H,14,15). The predicted molar refractivity (Wildman–Crippen MR) is 69.2 cm³/mol. The molecular formula is C12H15ClO3S. The van der Waals surface area contributed by atoms with Gasteiger partial charge < -0.3 is 5.11 Å². The molecular weight excluding hydrogens is 260 g/mol. The second-order valence-electron chi connectivity index (χ2n) is 3.68. The summed E-state index contributed by atoms with van der Waals surface area (Å²) in [6.07, 6.45) is 1.60. The zero-order valence-electron chi connectivity index (χ0n) is 9.77. The molecule has 0 aromatic heterocycles. The van der Waals surface area contributed by atoms with Crippen LogP contribution >= 0.6 is 11.6 Å². The molecule has 0 fully saturated rings. The molecule has 5 heteroatoms. The van der Waals surface area contributed by atoms with Crippen molar-refractivity contribution in [1.29, 1.82) is 0 Å². The number of carboxylic acid groups (broad SMARTS) is 1. The monoisotopic (exact) mass is 274 g/mol. The fourth-order valence-electron chi connectivity index (χ4n) is 1.58. The highest BCUT2D eigenvalue weighted by molar-refractivity contribution is 7.85. The highest BCUT2D eigenvalue weighted by Gasteiger charge is 2.17. The van der Waals surface area contributed by atoms with Crippen LogP contribution in [0, 0.1) is 0 Å². The molecule has 0 heterocycles. The minimum Gasteiger partial charge on any atom is -0.478 e. The second kappa shape index (κ2) is 6.17. The lowest BCUT2D eigenvalue weighted by atomic mass is 10.2.